The van der Waals surface area contributed by atoms with E-state index in [2.05, 4.69) is 28.7 Å². The first-order valence-electron chi connectivity index (χ1n) is 5.61. The van der Waals surface area contributed by atoms with Gasteiger partial charge in [0.2, 0.25) is 0 Å². The smallest absolute Gasteiger partial charge is 0.148 e. The van der Waals surface area contributed by atoms with Crippen LogP contribution >= 0.6 is 22.6 Å². The Hall–Kier alpha value is -1.49. The van der Waals surface area contributed by atoms with Crippen LogP contribution in [0.3, 0.4) is 0 Å². The van der Waals surface area contributed by atoms with Crippen molar-refractivity contribution in [1.29, 1.82) is 0 Å². The summed E-state index contributed by atoms with van der Waals surface area (Å²) >= 11 is 2.33. The molecule has 0 saturated heterocycles. The maximum atomic E-state index is 5.91. The van der Waals surface area contributed by atoms with Crippen LogP contribution < -0.4 is 4.74 Å². The van der Waals surface area contributed by atoms with Crippen LogP contribution in [0.4, 0.5) is 0 Å². The van der Waals surface area contributed by atoms with E-state index in [1.807, 2.05) is 42.5 Å². The first-order chi connectivity index (χ1) is 8.79. The Morgan fingerprint density at radius 2 is 1.72 bits per heavy atom. The number of fused-ring (bicyclic) bond motifs is 1. The lowest BCUT2D eigenvalue weighted by Crippen LogP contribution is -1.82. The SMILES string of the molecule is COc1ccc(-c2oc3ccccc3c2I)cc1. The lowest BCUT2D eigenvalue weighted by Gasteiger charge is -2.01. The summed E-state index contributed by atoms with van der Waals surface area (Å²) in [5.41, 5.74) is 1.99. The Morgan fingerprint density at radius 3 is 2.39 bits per heavy atom. The van der Waals surface area contributed by atoms with Crippen molar-refractivity contribution in [2.75, 3.05) is 7.11 Å². The molecule has 0 bridgehead atoms. The van der Waals surface area contributed by atoms with E-state index in [-0.39, 0.29) is 0 Å². The van der Waals surface area contributed by atoms with Crippen molar-refractivity contribution in [2.45, 2.75) is 0 Å². The second-order valence-electron chi connectivity index (χ2n) is 3.97. The lowest BCUT2D eigenvalue weighted by molar-refractivity contribution is 0.415. The number of halogens is 1. The van der Waals surface area contributed by atoms with Gasteiger partial charge in [-0.1, -0.05) is 18.2 Å². The van der Waals surface area contributed by atoms with E-state index in [4.69, 9.17) is 9.15 Å². The number of para-hydroxylation sites is 1. The minimum absolute atomic E-state index is 0.852. The van der Waals surface area contributed by atoms with Gasteiger partial charge >= 0.3 is 0 Å². The highest BCUT2D eigenvalue weighted by atomic mass is 127. The molecule has 3 rings (SSSR count). The van der Waals surface area contributed by atoms with Gasteiger partial charge < -0.3 is 9.15 Å². The molecular formula is C15H11IO2. The summed E-state index contributed by atoms with van der Waals surface area (Å²) < 4.78 is 12.2. The van der Waals surface area contributed by atoms with Crippen LogP contribution in [0.5, 0.6) is 5.75 Å². The van der Waals surface area contributed by atoms with Crippen LogP contribution in [0.1, 0.15) is 0 Å². The van der Waals surface area contributed by atoms with Crippen LogP contribution in [-0.4, -0.2) is 7.11 Å². The van der Waals surface area contributed by atoms with E-state index in [9.17, 15) is 0 Å². The van der Waals surface area contributed by atoms with Crippen molar-refractivity contribution in [3.05, 3.63) is 52.1 Å². The topological polar surface area (TPSA) is 22.4 Å². The summed E-state index contributed by atoms with van der Waals surface area (Å²) in [6.07, 6.45) is 0. The summed E-state index contributed by atoms with van der Waals surface area (Å²) in [6, 6.07) is 16.0. The van der Waals surface area contributed by atoms with Crippen LogP contribution in [0.15, 0.2) is 52.9 Å². The molecule has 18 heavy (non-hydrogen) atoms. The summed E-state index contributed by atoms with van der Waals surface area (Å²) in [7, 11) is 1.67. The number of methoxy groups -OCH3 is 1. The zero-order valence-corrected chi connectivity index (χ0v) is 12.0. The van der Waals surface area contributed by atoms with Gasteiger partial charge in [-0.25, -0.2) is 0 Å². The minimum Gasteiger partial charge on any atom is -0.497 e. The van der Waals surface area contributed by atoms with Crippen molar-refractivity contribution < 1.29 is 9.15 Å². The average Bonchev–Trinajstić information content (AvgIpc) is 2.77. The highest BCUT2D eigenvalue weighted by molar-refractivity contribution is 14.1. The Morgan fingerprint density at radius 1 is 1.00 bits per heavy atom. The number of rotatable bonds is 2. The second kappa shape index (κ2) is 4.65. The van der Waals surface area contributed by atoms with E-state index >= 15 is 0 Å². The monoisotopic (exact) mass is 350 g/mol. The number of hydrogen-bond donors (Lipinski definition) is 0. The minimum atomic E-state index is 0.852. The molecule has 0 aliphatic carbocycles. The molecule has 0 aliphatic heterocycles. The fourth-order valence-corrected chi connectivity index (χ4v) is 2.81. The molecule has 3 heteroatoms. The molecule has 3 aromatic rings. The van der Waals surface area contributed by atoms with E-state index in [1.165, 1.54) is 0 Å². The van der Waals surface area contributed by atoms with Crippen LogP contribution in [0, 0.1) is 3.57 Å². The molecule has 0 atom stereocenters. The number of hydrogen-bond acceptors (Lipinski definition) is 2. The van der Waals surface area contributed by atoms with Gasteiger partial charge in [-0.05, 0) is 52.9 Å². The molecule has 0 spiro atoms. The third kappa shape index (κ3) is 1.88. The van der Waals surface area contributed by atoms with Gasteiger partial charge in [-0.15, -0.1) is 0 Å². The first kappa shape index (κ1) is 11.6. The zero-order chi connectivity index (χ0) is 12.5. The molecule has 0 fully saturated rings. The van der Waals surface area contributed by atoms with Crippen molar-refractivity contribution in [2.24, 2.45) is 0 Å². The van der Waals surface area contributed by atoms with Crippen molar-refractivity contribution in [1.82, 2.24) is 0 Å². The largest absolute Gasteiger partial charge is 0.497 e. The molecule has 0 radical (unpaired) electrons. The highest BCUT2D eigenvalue weighted by Gasteiger charge is 2.12. The van der Waals surface area contributed by atoms with E-state index in [1.54, 1.807) is 7.11 Å². The van der Waals surface area contributed by atoms with E-state index in [0.29, 0.717) is 0 Å². The molecule has 0 unspecified atom stereocenters. The van der Waals surface area contributed by atoms with Gasteiger partial charge in [0.15, 0.2) is 0 Å². The summed E-state index contributed by atoms with van der Waals surface area (Å²) in [5.74, 6) is 1.77. The molecule has 2 aromatic carbocycles. The molecule has 2 nitrogen and oxygen atoms in total. The predicted molar refractivity (Wildman–Crippen MR) is 80.9 cm³/mol. The average molecular weight is 350 g/mol. The molecule has 90 valence electrons. The Kier molecular flexibility index (Phi) is 2.99. The van der Waals surface area contributed by atoms with Gasteiger partial charge in [-0.2, -0.15) is 0 Å². The van der Waals surface area contributed by atoms with Gasteiger partial charge in [0.05, 0.1) is 10.7 Å². The predicted octanol–water partition coefficient (Wildman–Crippen LogP) is 4.71. The van der Waals surface area contributed by atoms with Gasteiger partial charge in [0, 0.05) is 10.9 Å². The van der Waals surface area contributed by atoms with E-state index < -0.39 is 0 Å². The molecular weight excluding hydrogens is 339 g/mol. The summed E-state index contributed by atoms with van der Waals surface area (Å²) in [6.45, 7) is 0. The van der Waals surface area contributed by atoms with Gasteiger partial charge in [0.1, 0.15) is 17.1 Å². The Labute approximate surface area is 119 Å². The highest BCUT2D eigenvalue weighted by Crippen LogP contribution is 2.34. The third-order valence-electron chi connectivity index (χ3n) is 2.89. The number of ether oxygens (including phenoxy) is 1. The van der Waals surface area contributed by atoms with Gasteiger partial charge in [0.25, 0.3) is 0 Å². The maximum Gasteiger partial charge on any atom is 0.148 e. The Balaban J connectivity index is 2.15. The Bertz CT molecular complexity index is 683. The van der Waals surface area contributed by atoms with Crippen LogP contribution in [-0.2, 0) is 0 Å². The fraction of sp³-hybridized carbons (Fsp3) is 0.0667. The molecule has 1 heterocycles. The van der Waals surface area contributed by atoms with Crippen LogP contribution in [0.25, 0.3) is 22.3 Å². The first-order valence-corrected chi connectivity index (χ1v) is 6.69. The molecule has 0 N–H and O–H groups in total. The molecule has 1 aromatic heterocycles. The fourth-order valence-electron chi connectivity index (χ4n) is 1.94. The zero-order valence-electron chi connectivity index (χ0n) is 9.81. The molecule has 0 aliphatic rings. The molecule has 0 amide bonds. The summed E-state index contributed by atoms with van der Waals surface area (Å²) in [4.78, 5) is 0. The van der Waals surface area contributed by atoms with E-state index in [0.717, 1.165) is 31.6 Å². The lowest BCUT2D eigenvalue weighted by atomic mass is 10.1. The van der Waals surface area contributed by atoms with Crippen LogP contribution in [0.2, 0.25) is 0 Å². The van der Waals surface area contributed by atoms with Crippen molar-refractivity contribution in [3.8, 4) is 17.1 Å². The standard InChI is InChI=1S/C15H11IO2/c1-17-11-8-6-10(7-9-11)15-14(16)12-4-2-3-5-13(12)18-15/h2-9H,1H3. The number of benzene rings is 2. The third-order valence-corrected chi connectivity index (χ3v) is 3.96. The second-order valence-corrected chi connectivity index (χ2v) is 5.05. The quantitative estimate of drug-likeness (QED) is 0.625. The van der Waals surface area contributed by atoms with Crippen molar-refractivity contribution in [3.63, 3.8) is 0 Å². The maximum absolute atomic E-state index is 5.91. The normalized spacial score (nSPS) is 10.8. The summed E-state index contributed by atoms with van der Waals surface area (Å²) in [5, 5.41) is 1.16. The van der Waals surface area contributed by atoms with Crippen molar-refractivity contribution >= 4 is 33.6 Å². The van der Waals surface area contributed by atoms with Gasteiger partial charge in [-0.3, -0.25) is 0 Å². The molecule has 0 saturated carbocycles. The number of furan rings is 1.